The Kier molecular flexibility index (Phi) is 8.69. The van der Waals surface area contributed by atoms with Gasteiger partial charge in [0.25, 0.3) is 5.91 Å². The molecule has 1 aliphatic rings. The van der Waals surface area contributed by atoms with E-state index in [9.17, 15) is 14.0 Å². The molecule has 7 heteroatoms. The second-order valence-corrected chi connectivity index (χ2v) is 8.66. The quantitative estimate of drug-likeness (QED) is 0.658. The summed E-state index contributed by atoms with van der Waals surface area (Å²) in [6, 6.07) is 6.89. The van der Waals surface area contributed by atoms with E-state index in [4.69, 9.17) is 9.47 Å². The van der Waals surface area contributed by atoms with E-state index in [0.29, 0.717) is 16.9 Å². The molecule has 1 aliphatic carbocycles. The number of carbonyl (C=O) groups excluding carboxylic acids is 2. The van der Waals surface area contributed by atoms with Gasteiger partial charge in [0.1, 0.15) is 23.8 Å². The van der Waals surface area contributed by atoms with Crippen molar-refractivity contribution in [1.82, 2.24) is 10.6 Å². The van der Waals surface area contributed by atoms with Crippen LogP contribution in [0, 0.1) is 0 Å². The molecule has 2 N–H and O–H groups in total. The number of benzene rings is 1. The lowest BCUT2D eigenvalue weighted by Gasteiger charge is -2.22. The smallest absolute Gasteiger partial charge is 0.407 e. The molecular formula is C23H33FN2O4. The Morgan fingerprint density at radius 2 is 1.73 bits per heavy atom. The summed E-state index contributed by atoms with van der Waals surface area (Å²) in [7, 11) is 0. The number of halogens is 1. The molecule has 0 saturated heterocycles. The summed E-state index contributed by atoms with van der Waals surface area (Å²) in [6.45, 7) is 6.63. The molecule has 1 saturated carbocycles. The maximum absolute atomic E-state index is 14.2. The lowest BCUT2D eigenvalue weighted by Crippen LogP contribution is -2.36. The highest BCUT2D eigenvalue weighted by molar-refractivity contribution is 5.94. The van der Waals surface area contributed by atoms with E-state index in [1.54, 1.807) is 52.0 Å². The molecule has 6 nitrogen and oxygen atoms in total. The summed E-state index contributed by atoms with van der Waals surface area (Å²) >= 11 is 0. The van der Waals surface area contributed by atoms with E-state index in [2.05, 4.69) is 10.6 Å². The van der Waals surface area contributed by atoms with Crippen molar-refractivity contribution in [1.29, 1.82) is 0 Å². The second-order valence-electron chi connectivity index (χ2n) is 8.66. The molecule has 30 heavy (non-hydrogen) atoms. The SMILES string of the molecule is C/C(CNC(=O)OC(C)(C)C)=C(/F)COc1ccc(C(=O)NC2CCCCC2)cc1. The van der Waals surface area contributed by atoms with Gasteiger partial charge in [-0.15, -0.1) is 0 Å². The molecular weight excluding hydrogens is 387 g/mol. The maximum Gasteiger partial charge on any atom is 0.407 e. The fourth-order valence-corrected chi connectivity index (χ4v) is 3.10. The fraction of sp³-hybridized carbons (Fsp3) is 0.565. The molecule has 0 spiro atoms. The lowest BCUT2D eigenvalue weighted by molar-refractivity contribution is 0.0532. The van der Waals surface area contributed by atoms with Crippen LogP contribution in [0.4, 0.5) is 9.18 Å². The molecule has 1 aromatic rings. The van der Waals surface area contributed by atoms with Gasteiger partial charge in [-0.1, -0.05) is 19.3 Å². The van der Waals surface area contributed by atoms with Crippen LogP contribution in [0.1, 0.15) is 70.2 Å². The van der Waals surface area contributed by atoms with Gasteiger partial charge in [-0.3, -0.25) is 4.79 Å². The molecule has 0 radical (unpaired) electrons. The van der Waals surface area contributed by atoms with Crippen molar-refractivity contribution < 1.29 is 23.5 Å². The first-order valence-corrected chi connectivity index (χ1v) is 10.5. The number of alkyl carbamates (subject to hydrolysis) is 1. The van der Waals surface area contributed by atoms with E-state index in [1.165, 1.54) is 6.42 Å². The van der Waals surface area contributed by atoms with Gasteiger partial charge in [0, 0.05) is 18.2 Å². The van der Waals surface area contributed by atoms with Crippen molar-refractivity contribution >= 4 is 12.0 Å². The number of ether oxygens (including phenoxy) is 2. The normalized spacial score (nSPS) is 15.8. The van der Waals surface area contributed by atoms with E-state index in [1.807, 2.05) is 0 Å². The third-order valence-corrected chi connectivity index (χ3v) is 4.78. The average Bonchev–Trinajstić information content (AvgIpc) is 2.70. The highest BCUT2D eigenvalue weighted by Crippen LogP contribution is 2.19. The van der Waals surface area contributed by atoms with Crippen LogP contribution in [0.25, 0.3) is 0 Å². The number of hydrogen-bond acceptors (Lipinski definition) is 4. The largest absolute Gasteiger partial charge is 0.487 e. The van der Waals surface area contributed by atoms with Gasteiger partial charge in [0.15, 0.2) is 0 Å². The van der Waals surface area contributed by atoms with Crippen molar-refractivity contribution in [2.75, 3.05) is 13.2 Å². The number of rotatable bonds is 7. The number of amides is 2. The van der Waals surface area contributed by atoms with E-state index < -0.39 is 17.5 Å². The van der Waals surface area contributed by atoms with Crippen LogP contribution < -0.4 is 15.4 Å². The van der Waals surface area contributed by atoms with Crippen LogP contribution >= 0.6 is 0 Å². The van der Waals surface area contributed by atoms with E-state index in [-0.39, 0.29) is 25.1 Å². The Morgan fingerprint density at radius 3 is 2.33 bits per heavy atom. The molecule has 1 fully saturated rings. The third kappa shape index (κ3) is 8.43. The van der Waals surface area contributed by atoms with Crippen molar-refractivity contribution in [2.24, 2.45) is 0 Å². The predicted molar refractivity (Wildman–Crippen MR) is 114 cm³/mol. The van der Waals surface area contributed by atoms with Crippen LogP contribution in [0.15, 0.2) is 35.7 Å². The Balaban J connectivity index is 1.79. The maximum atomic E-state index is 14.2. The fourth-order valence-electron chi connectivity index (χ4n) is 3.10. The Bertz CT molecular complexity index is 747. The highest BCUT2D eigenvalue weighted by Gasteiger charge is 2.17. The zero-order valence-electron chi connectivity index (χ0n) is 18.3. The zero-order chi connectivity index (χ0) is 22.1. The zero-order valence-corrected chi connectivity index (χ0v) is 18.3. The number of hydrogen-bond donors (Lipinski definition) is 2. The Labute approximate surface area is 178 Å². The van der Waals surface area contributed by atoms with Gasteiger partial charge in [-0.25, -0.2) is 9.18 Å². The molecule has 0 atom stereocenters. The van der Waals surface area contributed by atoms with Crippen LogP contribution in [0.3, 0.4) is 0 Å². The second kappa shape index (κ2) is 11.0. The average molecular weight is 421 g/mol. The molecule has 1 aromatic carbocycles. The lowest BCUT2D eigenvalue weighted by atomic mass is 9.95. The van der Waals surface area contributed by atoms with Crippen LogP contribution in [-0.2, 0) is 4.74 Å². The van der Waals surface area contributed by atoms with E-state index >= 15 is 0 Å². The molecule has 0 aromatic heterocycles. The van der Waals surface area contributed by atoms with Gasteiger partial charge in [0.2, 0.25) is 0 Å². The number of nitrogens with one attached hydrogen (secondary N) is 2. The van der Waals surface area contributed by atoms with Gasteiger partial charge in [-0.05, 0) is 70.4 Å². The predicted octanol–water partition coefficient (Wildman–Crippen LogP) is 4.90. The van der Waals surface area contributed by atoms with Crippen LogP contribution in [0.5, 0.6) is 5.75 Å². The van der Waals surface area contributed by atoms with Crippen LogP contribution in [-0.4, -0.2) is 36.8 Å². The Morgan fingerprint density at radius 1 is 1.10 bits per heavy atom. The minimum Gasteiger partial charge on any atom is -0.487 e. The molecule has 166 valence electrons. The minimum absolute atomic E-state index is 0.0321. The topological polar surface area (TPSA) is 76.7 Å². The summed E-state index contributed by atoms with van der Waals surface area (Å²) in [5, 5.41) is 5.58. The van der Waals surface area contributed by atoms with Gasteiger partial charge in [0.05, 0.1) is 0 Å². The van der Waals surface area contributed by atoms with Gasteiger partial charge in [-0.2, -0.15) is 0 Å². The first-order valence-electron chi connectivity index (χ1n) is 10.5. The monoisotopic (exact) mass is 420 g/mol. The summed E-state index contributed by atoms with van der Waals surface area (Å²) < 4.78 is 24.8. The van der Waals surface area contributed by atoms with Crippen molar-refractivity contribution in [3.8, 4) is 5.75 Å². The molecule has 2 rings (SSSR count). The summed E-state index contributed by atoms with van der Waals surface area (Å²) in [5.74, 6) is -0.0963. The molecule has 0 heterocycles. The molecule has 0 bridgehead atoms. The minimum atomic E-state index is -0.608. The first-order chi connectivity index (χ1) is 14.1. The van der Waals surface area contributed by atoms with E-state index in [0.717, 1.165) is 25.7 Å². The standard InChI is InChI=1S/C23H33FN2O4/c1-16(14-25-22(28)30-23(2,3)4)20(24)15-29-19-12-10-17(11-13-19)21(27)26-18-8-6-5-7-9-18/h10-13,18H,5-9,14-15H2,1-4H3,(H,25,28)(H,26,27)/b20-16-. The first kappa shape index (κ1) is 23.7. The molecule has 0 unspecified atom stereocenters. The number of carbonyl (C=O) groups is 2. The Hall–Kier alpha value is -2.57. The summed E-state index contributed by atoms with van der Waals surface area (Å²) in [5.41, 5.74) is 0.300. The van der Waals surface area contributed by atoms with Gasteiger partial charge < -0.3 is 20.1 Å². The van der Waals surface area contributed by atoms with Crippen molar-refractivity contribution in [3.63, 3.8) is 0 Å². The summed E-state index contributed by atoms with van der Waals surface area (Å²) in [4.78, 5) is 24.0. The molecule has 0 aliphatic heterocycles. The van der Waals surface area contributed by atoms with Crippen molar-refractivity contribution in [2.45, 2.75) is 71.4 Å². The van der Waals surface area contributed by atoms with Gasteiger partial charge >= 0.3 is 6.09 Å². The highest BCUT2D eigenvalue weighted by atomic mass is 19.1. The third-order valence-electron chi connectivity index (χ3n) is 4.78. The summed E-state index contributed by atoms with van der Waals surface area (Å²) in [6.07, 6.45) is 5.01. The van der Waals surface area contributed by atoms with Crippen molar-refractivity contribution in [3.05, 3.63) is 41.2 Å². The van der Waals surface area contributed by atoms with Crippen LogP contribution in [0.2, 0.25) is 0 Å². The molecule has 2 amide bonds.